The maximum absolute atomic E-state index is 11.3. The molecule has 0 saturated carbocycles. The zero-order valence-corrected chi connectivity index (χ0v) is 10.1. The van der Waals surface area contributed by atoms with E-state index in [0.29, 0.717) is 11.0 Å². The maximum atomic E-state index is 11.3. The molecule has 0 radical (unpaired) electrons. The minimum atomic E-state index is -0.171. The number of anilines is 1. The minimum absolute atomic E-state index is 0.171. The summed E-state index contributed by atoms with van der Waals surface area (Å²) in [6.45, 7) is 0.674. The van der Waals surface area contributed by atoms with Gasteiger partial charge in [-0.25, -0.2) is 4.37 Å². The summed E-state index contributed by atoms with van der Waals surface area (Å²) in [7, 11) is 0. The summed E-state index contributed by atoms with van der Waals surface area (Å²) in [5.41, 5.74) is 5.65. The summed E-state index contributed by atoms with van der Waals surface area (Å²) in [6.07, 6.45) is 5.10. The van der Waals surface area contributed by atoms with Crippen molar-refractivity contribution in [2.24, 2.45) is 0 Å². The average molecular weight is 286 g/mol. The first-order valence-corrected chi connectivity index (χ1v) is 5.78. The van der Waals surface area contributed by atoms with E-state index in [4.69, 9.17) is 5.73 Å². The lowest BCUT2D eigenvalue weighted by atomic mass is 10.4. The van der Waals surface area contributed by atoms with Gasteiger partial charge in [0.1, 0.15) is 0 Å². The van der Waals surface area contributed by atoms with Gasteiger partial charge < -0.3 is 10.3 Å². The fraction of sp³-hybridized carbons (Fsp3) is 0.111. The second kappa shape index (κ2) is 4.16. The smallest absolute Gasteiger partial charge is 0.218 e. The molecule has 0 spiro atoms. The molecule has 2 aromatic rings. The number of hydrogen-bond donors (Lipinski definition) is 1. The molecule has 0 fully saturated rings. The zero-order valence-electron chi connectivity index (χ0n) is 7.68. The molecule has 15 heavy (non-hydrogen) atoms. The minimum Gasteiger partial charge on any atom is -0.394 e. The van der Waals surface area contributed by atoms with E-state index < -0.39 is 0 Å². The van der Waals surface area contributed by atoms with Crippen LogP contribution in [0.1, 0.15) is 4.88 Å². The van der Waals surface area contributed by atoms with Crippen molar-refractivity contribution in [3.05, 3.63) is 44.2 Å². The predicted molar refractivity (Wildman–Crippen MR) is 64.0 cm³/mol. The number of nitrogens with zero attached hydrogens (tertiary/aromatic N) is 2. The van der Waals surface area contributed by atoms with Gasteiger partial charge >= 0.3 is 0 Å². The van der Waals surface area contributed by atoms with Gasteiger partial charge in [-0.05, 0) is 33.5 Å². The molecule has 0 unspecified atom stereocenters. The van der Waals surface area contributed by atoms with Crippen LogP contribution in [0.25, 0.3) is 0 Å². The standard InChI is InChI=1S/C9H8BrN3OS/c10-7-4-13(5-8(11)9(7)14)3-6-1-2-12-15-6/h1-2,4-5H,3,11H2. The first kappa shape index (κ1) is 10.4. The van der Waals surface area contributed by atoms with Gasteiger partial charge in [-0.1, -0.05) is 0 Å². The van der Waals surface area contributed by atoms with Crippen LogP contribution in [0, 0.1) is 0 Å². The number of pyridine rings is 1. The SMILES string of the molecule is Nc1cn(Cc2ccns2)cc(Br)c1=O. The normalized spacial score (nSPS) is 10.5. The van der Waals surface area contributed by atoms with Gasteiger partial charge in [0.15, 0.2) is 0 Å². The molecule has 0 atom stereocenters. The quantitative estimate of drug-likeness (QED) is 0.914. The Morgan fingerprint density at radius 1 is 1.53 bits per heavy atom. The molecule has 2 heterocycles. The second-order valence-corrected chi connectivity index (χ2v) is 4.81. The van der Waals surface area contributed by atoms with Crippen molar-refractivity contribution < 1.29 is 0 Å². The largest absolute Gasteiger partial charge is 0.394 e. The third-order valence-corrected chi connectivity index (χ3v) is 3.18. The molecule has 0 aliphatic heterocycles. The number of rotatable bonds is 2. The summed E-state index contributed by atoms with van der Waals surface area (Å²) in [5, 5.41) is 0. The highest BCUT2D eigenvalue weighted by atomic mass is 79.9. The van der Waals surface area contributed by atoms with Crippen molar-refractivity contribution in [3.63, 3.8) is 0 Å². The van der Waals surface area contributed by atoms with E-state index in [1.54, 1.807) is 18.6 Å². The fourth-order valence-corrected chi connectivity index (χ4v) is 2.29. The molecule has 0 aliphatic rings. The van der Waals surface area contributed by atoms with E-state index in [0.717, 1.165) is 4.88 Å². The lowest BCUT2D eigenvalue weighted by molar-refractivity contribution is 0.799. The Bertz CT molecular complexity index is 494. The van der Waals surface area contributed by atoms with Crippen molar-refractivity contribution in [3.8, 4) is 0 Å². The van der Waals surface area contributed by atoms with Crippen LogP contribution >= 0.6 is 27.5 Å². The van der Waals surface area contributed by atoms with Gasteiger partial charge in [-0.2, -0.15) is 0 Å². The molecule has 0 amide bonds. The number of hydrogen-bond acceptors (Lipinski definition) is 4. The Hall–Kier alpha value is -1.14. The van der Waals surface area contributed by atoms with E-state index in [1.807, 2.05) is 10.6 Å². The maximum Gasteiger partial charge on any atom is 0.218 e. The van der Waals surface area contributed by atoms with Crippen molar-refractivity contribution in [1.82, 2.24) is 8.94 Å². The van der Waals surface area contributed by atoms with Crippen molar-refractivity contribution in [2.75, 3.05) is 5.73 Å². The van der Waals surface area contributed by atoms with E-state index in [2.05, 4.69) is 20.3 Å². The van der Waals surface area contributed by atoms with Gasteiger partial charge in [0, 0.05) is 23.5 Å². The summed E-state index contributed by atoms with van der Waals surface area (Å²) >= 11 is 4.60. The van der Waals surface area contributed by atoms with E-state index in [1.165, 1.54) is 11.5 Å². The number of halogens is 1. The molecule has 2 rings (SSSR count). The molecular formula is C9H8BrN3OS. The molecule has 0 saturated heterocycles. The predicted octanol–water partition coefficient (Wildman–Crippen LogP) is 1.70. The summed E-state index contributed by atoms with van der Waals surface area (Å²) in [6, 6.07) is 1.94. The van der Waals surface area contributed by atoms with Crippen LogP contribution in [0.3, 0.4) is 0 Å². The lowest BCUT2D eigenvalue weighted by Gasteiger charge is -2.05. The number of aromatic nitrogens is 2. The first-order valence-electron chi connectivity index (χ1n) is 4.21. The van der Waals surface area contributed by atoms with E-state index in [9.17, 15) is 4.79 Å². The summed E-state index contributed by atoms with van der Waals surface area (Å²) in [4.78, 5) is 12.4. The average Bonchev–Trinajstić information content (AvgIpc) is 2.66. The molecule has 4 nitrogen and oxygen atoms in total. The molecule has 0 bridgehead atoms. The Morgan fingerprint density at radius 3 is 2.93 bits per heavy atom. The van der Waals surface area contributed by atoms with Crippen LogP contribution in [0.15, 0.2) is 33.9 Å². The third-order valence-electron chi connectivity index (χ3n) is 1.89. The highest BCUT2D eigenvalue weighted by Crippen LogP contribution is 2.11. The Balaban J connectivity index is 2.34. The zero-order chi connectivity index (χ0) is 10.8. The molecule has 0 aromatic carbocycles. The van der Waals surface area contributed by atoms with Crippen molar-refractivity contribution in [1.29, 1.82) is 0 Å². The van der Waals surface area contributed by atoms with Crippen LogP contribution in [-0.4, -0.2) is 8.94 Å². The van der Waals surface area contributed by atoms with Crippen LogP contribution in [0.5, 0.6) is 0 Å². The monoisotopic (exact) mass is 285 g/mol. The van der Waals surface area contributed by atoms with Gasteiger partial charge in [0.05, 0.1) is 16.7 Å². The number of nitrogen functional groups attached to an aromatic ring is 1. The molecule has 6 heteroatoms. The lowest BCUT2D eigenvalue weighted by Crippen LogP contribution is -2.13. The molecule has 2 N–H and O–H groups in total. The molecule has 0 aliphatic carbocycles. The highest BCUT2D eigenvalue weighted by molar-refractivity contribution is 9.10. The third kappa shape index (κ3) is 2.27. The first-order chi connectivity index (χ1) is 7.16. The van der Waals surface area contributed by atoms with Crippen molar-refractivity contribution in [2.45, 2.75) is 6.54 Å². The Labute approximate surface area is 98.7 Å². The van der Waals surface area contributed by atoms with E-state index in [-0.39, 0.29) is 11.1 Å². The van der Waals surface area contributed by atoms with Gasteiger partial charge in [-0.3, -0.25) is 4.79 Å². The summed E-state index contributed by atoms with van der Waals surface area (Å²) < 4.78 is 6.34. The van der Waals surface area contributed by atoms with Gasteiger partial charge in [0.25, 0.3) is 0 Å². The van der Waals surface area contributed by atoms with Gasteiger partial charge in [0.2, 0.25) is 5.43 Å². The van der Waals surface area contributed by atoms with Crippen LogP contribution < -0.4 is 11.2 Å². The van der Waals surface area contributed by atoms with E-state index >= 15 is 0 Å². The van der Waals surface area contributed by atoms with Crippen LogP contribution in [-0.2, 0) is 6.54 Å². The van der Waals surface area contributed by atoms with Crippen molar-refractivity contribution >= 4 is 33.1 Å². The van der Waals surface area contributed by atoms with Crippen LogP contribution in [0.2, 0.25) is 0 Å². The Kier molecular flexibility index (Phi) is 2.88. The highest BCUT2D eigenvalue weighted by Gasteiger charge is 2.03. The second-order valence-electron chi connectivity index (χ2n) is 3.04. The Morgan fingerprint density at radius 2 is 2.33 bits per heavy atom. The molecule has 78 valence electrons. The molecule has 2 aromatic heterocycles. The number of nitrogens with two attached hydrogens (primary N) is 1. The summed E-state index contributed by atoms with van der Waals surface area (Å²) in [5.74, 6) is 0. The topological polar surface area (TPSA) is 60.9 Å². The van der Waals surface area contributed by atoms with Gasteiger partial charge in [-0.15, -0.1) is 0 Å². The fourth-order valence-electron chi connectivity index (χ4n) is 1.21. The van der Waals surface area contributed by atoms with Crippen LogP contribution in [0.4, 0.5) is 5.69 Å². The molecular weight excluding hydrogens is 278 g/mol.